The molecule has 0 spiro atoms. The fourth-order valence-electron chi connectivity index (χ4n) is 2.42. The van der Waals surface area contributed by atoms with Crippen LogP contribution in [0.5, 0.6) is 0 Å². The number of carboxylic acid groups (broad SMARTS) is 1. The first-order chi connectivity index (χ1) is 8.50. The summed E-state index contributed by atoms with van der Waals surface area (Å²) in [4.78, 5) is 21.6. The number of aromatic nitrogens is 2. The van der Waals surface area contributed by atoms with Gasteiger partial charge < -0.3 is 10.0 Å². The molecule has 0 saturated carbocycles. The van der Waals surface area contributed by atoms with E-state index in [0.717, 1.165) is 13.0 Å². The zero-order chi connectivity index (χ0) is 13.3. The number of aromatic carboxylic acids is 1. The van der Waals surface area contributed by atoms with E-state index in [0.29, 0.717) is 23.6 Å². The number of aryl methyl sites for hydroxylation is 1. The molecule has 2 atom stereocenters. The van der Waals surface area contributed by atoms with Crippen LogP contribution >= 0.6 is 0 Å². The van der Waals surface area contributed by atoms with E-state index in [1.165, 1.54) is 12.6 Å². The van der Waals surface area contributed by atoms with Crippen molar-refractivity contribution in [2.24, 2.45) is 5.92 Å². The second-order valence-electron chi connectivity index (χ2n) is 5.03. The predicted molar refractivity (Wildman–Crippen MR) is 68.9 cm³/mol. The van der Waals surface area contributed by atoms with Gasteiger partial charge in [-0.25, -0.2) is 14.8 Å². The minimum absolute atomic E-state index is 0.177. The molecule has 2 unspecified atom stereocenters. The van der Waals surface area contributed by atoms with Gasteiger partial charge >= 0.3 is 5.97 Å². The highest BCUT2D eigenvalue weighted by Gasteiger charge is 2.27. The summed E-state index contributed by atoms with van der Waals surface area (Å²) < 4.78 is 0. The van der Waals surface area contributed by atoms with Crippen molar-refractivity contribution in [3.05, 3.63) is 17.5 Å². The van der Waals surface area contributed by atoms with Crippen LogP contribution < -0.4 is 4.90 Å². The van der Waals surface area contributed by atoms with Crippen molar-refractivity contribution in [2.75, 3.05) is 11.4 Å². The molecule has 0 aromatic carbocycles. The highest BCUT2D eigenvalue weighted by atomic mass is 16.4. The van der Waals surface area contributed by atoms with E-state index in [1.54, 1.807) is 6.92 Å². The first-order valence-electron chi connectivity index (χ1n) is 6.34. The largest absolute Gasteiger partial charge is 0.478 e. The van der Waals surface area contributed by atoms with E-state index in [1.807, 2.05) is 0 Å². The summed E-state index contributed by atoms with van der Waals surface area (Å²) in [6.45, 7) is 7.06. The van der Waals surface area contributed by atoms with Crippen molar-refractivity contribution in [1.29, 1.82) is 0 Å². The van der Waals surface area contributed by atoms with Crippen LogP contribution in [0.15, 0.2) is 6.20 Å². The molecule has 0 radical (unpaired) electrons. The minimum Gasteiger partial charge on any atom is -0.478 e. The van der Waals surface area contributed by atoms with Crippen LogP contribution in [0.3, 0.4) is 0 Å². The lowest BCUT2D eigenvalue weighted by Crippen LogP contribution is -2.43. The van der Waals surface area contributed by atoms with Gasteiger partial charge in [-0.15, -0.1) is 0 Å². The monoisotopic (exact) mass is 249 g/mol. The molecule has 1 aromatic rings. The molecule has 98 valence electrons. The van der Waals surface area contributed by atoms with Gasteiger partial charge in [-0.2, -0.15) is 0 Å². The van der Waals surface area contributed by atoms with Crippen molar-refractivity contribution >= 4 is 11.9 Å². The molecule has 1 saturated heterocycles. The number of piperidine rings is 1. The number of nitrogens with zero attached hydrogens (tertiary/aromatic N) is 3. The number of anilines is 1. The third kappa shape index (κ3) is 2.30. The van der Waals surface area contributed by atoms with E-state index in [4.69, 9.17) is 5.11 Å². The fraction of sp³-hybridized carbons (Fsp3) is 0.615. The van der Waals surface area contributed by atoms with Crippen LogP contribution in [-0.4, -0.2) is 33.6 Å². The van der Waals surface area contributed by atoms with E-state index in [2.05, 4.69) is 28.7 Å². The van der Waals surface area contributed by atoms with Crippen LogP contribution in [0.25, 0.3) is 0 Å². The number of rotatable bonds is 2. The lowest BCUT2D eigenvalue weighted by atomic mass is 9.92. The van der Waals surface area contributed by atoms with E-state index in [-0.39, 0.29) is 5.56 Å². The smallest absolute Gasteiger partial charge is 0.339 e. The number of carbonyl (C=O) groups is 1. The number of carboxylic acids is 1. The second-order valence-corrected chi connectivity index (χ2v) is 5.03. The minimum atomic E-state index is -0.973. The highest BCUT2D eigenvalue weighted by molar-refractivity contribution is 5.88. The topological polar surface area (TPSA) is 66.3 Å². The normalized spacial score (nSPS) is 24.1. The first kappa shape index (κ1) is 12.8. The summed E-state index contributed by atoms with van der Waals surface area (Å²) >= 11 is 0. The van der Waals surface area contributed by atoms with Crippen molar-refractivity contribution in [1.82, 2.24) is 9.97 Å². The maximum Gasteiger partial charge on any atom is 0.339 e. The van der Waals surface area contributed by atoms with Crippen LogP contribution in [0.2, 0.25) is 0 Å². The van der Waals surface area contributed by atoms with Crippen LogP contribution in [0.4, 0.5) is 5.95 Å². The maximum absolute atomic E-state index is 10.9. The number of hydrogen-bond donors (Lipinski definition) is 1. The average molecular weight is 249 g/mol. The summed E-state index contributed by atoms with van der Waals surface area (Å²) in [5, 5.41) is 8.97. The first-order valence-corrected chi connectivity index (χ1v) is 6.34. The lowest BCUT2D eigenvalue weighted by Gasteiger charge is -2.38. The van der Waals surface area contributed by atoms with Crippen molar-refractivity contribution < 1.29 is 9.90 Å². The lowest BCUT2D eigenvalue weighted by molar-refractivity contribution is 0.0695. The van der Waals surface area contributed by atoms with Crippen molar-refractivity contribution in [3.8, 4) is 0 Å². The summed E-state index contributed by atoms with van der Waals surface area (Å²) in [7, 11) is 0. The Hall–Kier alpha value is -1.65. The molecule has 5 heteroatoms. The average Bonchev–Trinajstić information content (AvgIpc) is 2.32. The Bertz CT molecular complexity index is 462. The Labute approximate surface area is 107 Å². The van der Waals surface area contributed by atoms with Crippen LogP contribution in [-0.2, 0) is 0 Å². The van der Waals surface area contributed by atoms with Gasteiger partial charge in [0, 0.05) is 18.8 Å². The third-order valence-electron chi connectivity index (χ3n) is 3.83. The third-order valence-corrected chi connectivity index (χ3v) is 3.83. The summed E-state index contributed by atoms with van der Waals surface area (Å²) in [5.74, 6) is 0.289. The molecule has 1 aliphatic heterocycles. The Morgan fingerprint density at radius 3 is 2.83 bits per heavy atom. The molecule has 0 bridgehead atoms. The molecule has 1 aliphatic rings. The summed E-state index contributed by atoms with van der Waals surface area (Å²) in [6.07, 6.45) is 3.77. The Kier molecular flexibility index (Phi) is 3.50. The van der Waals surface area contributed by atoms with Gasteiger partial charge in [0.2, 0.25) is 5.95 Å². The van der Waals surface area contributed by atoms with Gasteiger partial charge in [-0.1, -0.05) is 6.92 Å². The Morgan fingerprint density at radius 2 is 2.22 bits per heavy atom. The molecule has 1 N–H and O–H groups in total. The van der Waals surface area contributed by atoms with Crippen LogP contribution in [0, 0.1) is 12.8 Å². The number of hydrogen-bond acceptors (Lipinski definition) is 4. The maximum atomic E-state index is 10.9. The van der Waals surface area contributed by atoms with Crippen LogP contribution in [0.1, 0.15) is 42.7 Å². The highest BCUT2D eigenvalue weighted by Crippen LogP contribution is 2.26. The molecule has 2 rings (SSSR count). The summed E-state index contributed by atoms with van der Waals surface area (Å²) in [6, 6.07) is 0.397. The molecule has 1 fully saturated rings. The summed E-state index contributed by atoms with van der Waals surface area (Å²) in [5.41, 5.74) is 0.703. The molecular weight excluding hydrogens is 230 g/mol. The quantitative estimate of drug-likeness (QED) is 0.869. The standard InChI is InChI=1S/C13H19N3O2/c1-8-5-4-6-16(10(8)3)13-14-7-11(12(17)18)9(2)15-13/h7-8,10H,4-6H2,1-3H3,(H,17,18). The fourth-order valence-corrected chi connectivity index (χ4v) is 2.42. The Balaban J connectivity index is 2.28. The van der Waals surface area contributed by atoms with E-state index >= 15 is 0 Å². The SMILES string of the molecule is Cc1nc(N2CCCC(C)C2C)ncc1C(=O)O. The predicted octanol–water partition coefficient (Wildman–Crippen LogP) is 2.11. The van der Waals surface area contributed by atoms with Gasteiger partial charge in [0.1, 0.15) is 0 Å². The zero-order valence-corrected chi connectivity index (χ0v) is 11.1. The van der Waals surface area contributed by atoms with E-state index < -0.39 is 5.97 Å². The van der Waals surface area contributed by atoms with Gasteiger partial charge in [0.05, 0.1) is 11.3 Å². The molecule has 0 amide bonds. The van der Waals surface area contributed by atoms with Gasteiger partial charge in [-0.05, 0) is 32.6 Å². The van der Waals surface area contributed by atoms with E-state index in [9.17, 15) is 4.79 Å². The molecule has 2 heterocycles. The van der Waals surface area contributed by atoms with Gasteiger partial charge in [0.25, 0.3) is 0 Å². The van der Waals surface area contributed by atoms with Crippen molar-refractivity contribution in [2.45, 2.75) is 39.7 Å². The van der Waals surface area contributed by atoms with Gasteiger partial charge in [-0.3, -0.25) is 0 Å². The molecule has 18 heavy (non-hydrogen) atoms. The second kappa shape index (κ2) is 4.92. The molecule has 1 aromatic heterocycles. The Morgan fingerprint density at radius 1 is 1.50 bits per heavy atom. The molecule has 5 nitrogen and oxygen atoms in total. The van der Waals surface area contributed by atoms with Gasteiger partial charge in [0.15, 0.2) is 0 Å². The zero-order valence-electron chi connectivity index (χ0n) is 11.1. The molecule has 0 aliphatic carbocycles. The molecular formula is C13H19N3O2. The van der Waals surface area contributed by atoms with Crippen molar-refractivity contribution in [3.63, 3.8) is 0 Å².